The van der Waals surface area contributed by atoms with Crippen molar-refractivity contribution < 1.29 is 4.79 Å². The van der Waals surface area contributed by atoms with Crippen LogP contribution in [0.3, 0.4) is 0 Å². The second-order valence-electron chi connectivity index (χ2n) is 10.6. The minimum atomic E-state index is -0.445. The zero-order chi connectivity index (χ0) is 22.1. The van der Waals surface area contributed by atoms with E-state index in [0.717, 1.165) is 44.5 Å². The van der Waals surface area contributed by atoms with Crippen molar-refractivity contribution in [3.63, 3.8) is 0 Å². The van der Waals surface area contributed by atoms with Crippen molar-refractivity contribution in [2.45, 2.75) is 51.2 Å². The smallest absolute Gasteiger partial charge is 0.240 e. The Balaban J connectivity index is 1.40. The van der Waals surface area contributed by atoms with Crippen molar-refractivity contribution in [3.05, 3.63) is 71.8 Å². The minimum absolute atomic E-state index is 0.207. The Morgan fingerprint density at radius 3 is 2.47 bits per heavy atom. The van der Waals surface area contributed by atoms with Crippen molar-refractivity contribution in [1.29, 1.82) is 0 Å². The fourth-order valence-corrected chi connectivity index (χ4v) is 6.85. The molecular weight excluding hydrogens is 394 g/mol. The van der Waals surface area contributed by atoms with E-state index in [9.17, 15) is 4.79 Å². The molecule has 2 aromatic carbocycles. The summed E-state index contributed by atoms with van der Waals surface area (Å²) in [6, 6.07) is 21.6. The van der Waals surface area contributed by atoms with Crippen molar-refractivity contribution in [2.24, 2.45) is 23.7 Å². The maximum absolute atomic E-state index is 13.8. The van der Waals surface area contributed by atoms with Gasteiger partial charge in [0.1, 0.15) is 5.54 Å². The molecule has 1 saturated carbocycles. The summed E-state index contributed by atoms with van der Waals surface area (Å²) in [4.78, 5) is 16.6. The highest BCUT2D eigenvalue weighted by molar-refractivity contribution is 5.87. The number of aryl methyl sites for hydroxylation is 1. The summed E-state index contributed by atoms with van der Waals surface area (Å²) >= 11 is 0. The second-order valence-corrected chi connectivity index (χ2v) is 10.6. The lowest BCUT2D eigenvalue weighted by Gasteiger charge is -2.56. The van der Waals surface area contributed by atoms with Gasteiger partial charge >= 0.3 is 0 Å². The summed E-state index contributed by atoms with van der Waals surface area (Å²) in [5.41, 5.74) is 2.09. The third-order valence-electron chi connectivity index (χ3n) is 8.11. The quantitative estimate of drug-likeness (QED) is 0.667. The molecule has 1 aliphatic carbocycles. The molecule has 5 atom stereocenters. The molecule has 170 valence electrons. The van der Waals surface area contributed by atoms with E-state index in [-0.39, 0.29) is 5.91 Å². The summed E-state index contributed by atoms with van der Waals surface area (Å²) in [6.45, 7) is 8.51. The van der Waals surface area contributed by atoms with Gasteiger partial charge in [0.2, 0.25) is 5.91 Å². The Morgan fingerprint density at radius 1 is 1.09 bits per heavy atom. The molecule has 3 aliphatic heterocycles. The van der Waals surface area contributed by atoms with Gasteiger partial charge in [0.25, 0.3) is 0 Å². The molecule has 0 spiro atoms. The van der Waals surface area contributed by atoms with Crippen LogP contribution < -0.4 is 10.6 Å². The molecule has 2 N–H and O–H groups in total. The number of hydrogen-bond acceptors (Lipinski definition) is 3. The van der Waals surface area contributed by atoms with Crippen LogP contribution in [0, 0.1) is 23.7 Å². The number of amides is 1. The molecule has 0 radical (unpaired) electrons. The van der Waals surface area contributed by atoms with Gasteiger partial charge < -0.3 is 10.6 Å². The molecule has 3 saturated heterocycles. The first-order valence-electron chi connectivity index (χ1n) is 12.4. The van der Waals surface area contributed by atoms with Crippen LogP contribution in [0.1, 0.15) is 37.8 Å². The number of fused-ring (bicyclic) bond motifs is 1. The SMILES string of the molecule is CC(C)CN1C[C@H]2C[C@]3(C(=O)NCc4ccccc4)NC[C@H]2[C@H]1[C@H]3CCc1ccccc1. The molecule has 0 unspecified atom stereocenters. The maximum Gasteiger partial charge on any atom is 0.240 e. The number of piperidine rings is 2. The number of carbonyl (C=O) groups is 1. The third kappa shape index (κ3) is 3.99. The standard InChI is InChI=1S/C28H37N3O/c1-20(2)18-31-19-23-15-28(27(32)29-16-22-11-7-4-8-12-22)25(26(31)24(23)17-30-28)14-13-21-9-5-3-6-10-21/h3-12,20,23-26,30H,13-19H2,1-2H3,(H,29,32)/t23-,24-,25-,26+,28+/m1/s1. The Bertz CT molecular complexity index is 915. The van der Waals surface area contributed by atoms with Gasteiger partial charge in [0.05, 0.1) is 0 Å². The predicted octanol–water partition coefficient (Wildman–Crippen LogP) is 3.87. The summed E-state index contributed by atoms with van der Waals surface area (Å²) in [5.74, 6) is 2.51. The Morgan fingerprint density at radius 2 is 1.78 bits per heavy atom. The van der Waals surface area contributed by atoms with Crippen molar-refractivity contribution in [1.82, 2.24) is 15.5 Å². The lowest BCUT2D eigenvalue weighted by Crippen LogP contribution is -2.74. The van der Waals surface area contributed by atoms with Gasteiger partial charge in [-0.1, -0.05) is 74.5 Å². The highest BCUT2D eigenvalue weighted by Crippen LogP contribution is 2.53. The molecule has 6 rings (SSSR count). The van der Waals surface area contributed by atoms with Crippen molar-refractivity contribution in [3.8, 4) is 0 Å². The van der Waals surface area contributed by atoms with Gasteiger partial charge in [-0.15, -0.1) is 0 Å². The predicted molar refractivity (Wildman–Crippen MR) is 129 cm³/mol. The molecule has 4 aliphatic rings. The van der Waals surface area contributed by atoms with Gasteiger partial charge in [-0.05, 0) is 48.1 Å². The molecule has 3 heterocycles. The highest BCUT2D eigenvalue weighted by atomic mass is 16.2. The number of nitrogens with zero attached hydrogens (tertiary/aromatic N) is 1. The highest BCUT2D eigenvalue weighted by Gasteiger charge is 2.64. The van der Waals surface area contributed by atoms with Gasteiger partial charge in [0.15, 0.2) is 0 Å². The Kier molecular flexibility index (Phi) is 6.09. The van der Waals surface area contributed by atoms with Crippen molar-refractivity contribution >= 4 is 5.91 Å². The van der Waals surface area contributed by atoms with E-state index in [1.807, 2.05) is 18.2 Å². The number of rotatable bonds is 8. The molecule has 4 nitrogen and oxygen atoms in total. The first-order valence-corrected chi connectivity index (χ1v) is 12.4. The van der Waals surface area contributed by atoms with E-state index in [4.69, 9.17) is 0 Å². The normalized spacial score (nSPS) is 31.2. The maximum atomic E-state index is 13.8. The van der Waals surface area contributed by atoms with Crippen LogP contribution in [-0.2, 0) is 17.8 Å². The average Bonchev–Trinajstić information content (AvgIpc) is 3.10. The summed E-state index contributed by atoms with van der Waals surface area (Å²) in [7, 11) is 0. The van der Waals surface area contributed by atoms with Crippen LogP contribution in [0.5, 0.6) is 0 Å². The lowest BCUT2D eigenvalue weighted by atomic mass is 9.58. The monoisotopic (exact) mass is 431 g/mol. The molecule has 0 aromatic heterocycles. The third-order valence-corrected chi connectivity index (χ3v) is 8.11. The summed E-state index contributed by atoms with van der Waals surface area (Å²) in [5, 5.41) is 7.11. The number of carbonyl (C=O) groups excluding carboxylic acids is 1. The van der Waals surface area contributed by atoms with E-state index < -0.39 is 5.54 Å². The van der Waals surface area contributed by atoms with Gasteiger partial charge in [-0.3, -0.25) is 9.69 Å². The molecule has 4 bridgehead atoms. The first kappa shape index (κ1) is 21.7. The van der Waals surface area contributed by atoms with Gasteiger partial charge in [0, 0.05) is 38.1 Å². The van der Waals surface area contributed by atoms with Crippen molar-refractivity contribution in [2.75, 3.05) is 19.6 Å². The van der Waals surface area contributed by atoms with Crippen LogP contribution in [0.25, 0.3) is 0 Å². The fourth-order valence-electron chi connectivity index (χ4n) is 6.85. The number of hydrogen-bond donors (Lipinski definition) is 2. The molecule has 4 heteroatoms. The van der Waals surface area contributed by atoms with Crippen LogP contribution in [0.15, 0.2) is 60.7 Å². The molecule has 1 amide bonds. The number of likely N-dealkylation sites (tertiary alicyclic amines) is 1. The largest absolute Gasteiger partial charge is 0.350 e. The number of benzene rings is 2. The lowest BCUT2D eigenvalue weighted by molar-refractivity contribution is -0.139. The average molecular weight is 432 g/mol. The van der Waals surface area contributed by atoms with Crippen LogP contribution in [-0.4, -0.2) is 42.0 Å². The van der Waals surface area contributed by atoms with Crippen LogP contribution >= 0.6 is 0 Å². The molecular formula is C28H37N3O. The summed E-state index contributed by atoms with van der Waals surface area (Å²) < 4.78 is 0. The molecule has 32 heavy (non-hydrogen) atoms. The van der Waals surface area contributed by atoms with Gasteiger partial charge in [-0.2, -0.15) is 0 Å². The summed E-state index contributed by atoms with van der Waals surface area (Å²) in [6.07, 6.45) is 3.06. The van der Waals surface area contributed by atoms with Crippen LogP contribution in [0.4, 0.5) is 0 Å². The number of nitrogens with one attached hydrogen (secondary N) is 2. The van der Waals surface area contributed by atoms with Gasteiger partial charge in [-0.25, -0.2) is 0 Å². The Labute approximate surface area is 192 Å². The first-order chi connectivity index (χ1) is 15.6. The zero-order valence-electron chi connectivity index (χ0n) is 19.5. The van der Waals surface area contributed by atoms with Crippen LogP contribution in [0.2, 0.25) is 0 Å². The second kappa shape index (κ2) is 8.99. The topological polar surface area (TPSA) is 44.4 Å². The van der Waals surface area contributed by atoms with E-state index >= 15 is 0 Å². The van der Waals surface area contributed by atoms with E-state index in [1.165, 1.54) is 5.56 Å². The molecule has 2 aromatic rings. The Hall–Kier alpha value is -2.17. The zero-order valence-corrected chi connectivity index (χ0v) is 19.5. The van der Waals surface area contributed by atoms with E-state index in [0.29, 0.717) is 36.3 Å². The van der Waals surface area contributed by atoms with E-state index in [1.54, 1.807) is 0 Å². The minimum Gasteiger partial charge on any atom is -0.350 e. The molecule has 4 fully saturated rings. The fraction of sp³-hybridized carbons (Fsp3) is 0.536. The van der Waals surface area contributed by atoms with E-state index in [2.05, 4.69) is 71.8 Å².